The summed E-state index contributed by atoms with van der Waals surface area (Å²) in [5, 5.41) is 3.11. The van der Waals surface area contributed by atoms with Crippen LogP contribution in [0.15, 0.2) is 60.7 Å². The van der Waals surface area contributed by atoms with E-state index in [1.807, 2.05) is 60.7 Å². The number of methoxy groups -OCH3 is 1. The fraction of sp³-hybridized carbons (Fsp3) is 0.240. The second-order valence-corrected chi connectivity index (χ2v) is 7.92. The highest BCUT2D eigenvalue weighted by atomic mass is 16.7. The van der Waals surface area contributed by atoms with Gasteiger partial charge < -0.3 is 25.3 Å². The molecule has 3 aromatic rings. The van der Waals surface area contributed by atoms with Crippen molar-refractivity contribution in [2.45, 2.75) is 24.8 Å². The number of ether oxygens (including phenoxy) is 3. The van der Waals surface area contributed by atoms with Gasteiger partial charge in [-0.1, -0.05) is 24.3 Å². The SMILES string of the molecule is COc1ccc(NC(=O)C2(c3ccc4c(c3)OCO4)CC2)cc1-c1cccc(CN)c1.[HH].[HH].[HH]. The largest absolute Gasteiger partial charge is 0.496 e. The molecular weight excluding hydrogens is 392 g/mol. The lowest BCUT2D eigenvalue weighted by Crippen LogP contribution is -2.27. The zero-order valence-corrected chi connectivity index (χ0v) is 17.3. The van der Waals surface area contributed by atoms with Gasteiger partial charge in [0.15, 0.2) is 11.5 Å². The Morgan fingerprint density at radius 3 is 2.71 bits per heavy atom. The van der Waals surface area contributed by atoms with Gasteiger partial charge in [-0.25, -0.2) is 0 Å². The lowest BCUT2D eigenvalue weighted by Gasteiger charge is -2.18. The van der Waals surface area contributed by atoms with Crippen molar-refractivity contribution in [1.82, 2.24) is 0 Å². The number of rotatable bonds is 6. The van der Waals surface area contributed by atoms with Crippen molar-refractivity contribution in [2.75, 3.05) is 19.2 Å². The standard InChI is InChI=1S/C25H24N2O4.3H2/c1-29-21-8-6-19(13-20(21)17-4-2-3-16(11-17)14-26)27-24(28)25(9-10-25)18-5-7-22-23(12-18)31-15-30-22;;;/h2-8,11-13H,9-10,14-15,26H2,1H3,(H,27,28);3*1H. The minimum atomic E-state index is -0.527. The highest BCUT2D eigenvalue weighted by Crippen LogP contribution is 2.51. The Morgan fingerprint density at radius 2 is 1.94 bits per heavy atom. The number of hydrogen-bond acceptors (Lipinski definition) is 5. The van der Waals surface area contributed by atoms with Gasteiger partial charge in [-0.3, -0.25) is 4.79 Å². The van der Waals surface area contributed by atoms with E-state index in [0.29, 0.717) is 12.3 Å². The minimum absolute atomic E-state index is 0. The lowest BCUT2D eigenvalue weighted by molar-refractivity contribution is -0.118. The Hall–Kier alpha value is -3.51. The number of anilines is 1. The number of carbonyl (C=O) groups excluding carboxylic acids is 1. The number of nitrogens with two attached hydrogens (primary N) is 1. The van der Waals surface area contributed by atoms with Crippen LogP contribution < -0.4 is 25.3 Å². The van der Waals surface area contributed by atoms with Crippen LogP contribution in [0.4, 0.5) is 5.69 Å². The summed E-state index contributed by atoms with van der Waals surface area (Å²) >= 11 is 0. The molecule has 0 radical (unpaired) electrons. The van der Waals surface area contributed by atoms with Crippen molar-refractivity contribution < 1.29 is 23.3 Å². The zero-order valence-electron chi connectivity index (χ0n) is 17.3. The highest BCUT2D eigenvalue weighted by Gasteiger charge is 2.51. The van der Waals surface area contributed by atoms with Crippen LogP contribution in [-0.4, -0.2) is 19.8 Å². The number of hydrogen-bond donors (Lipinski definition) is 2. The van der Waals surface area contributed by atoms with Crippen LogP contribution >= 0.6 is 0 Å². The van der Waals surface area contributed by atoms with Gasteiger partial charge in [-0.15, -0.1) is 0 Å². The second-order valence-electron chi connectivity index (χ2n) is 7.92. The topological polar surface area (TPSA) is 82.8 Å². The molecule has 6 nitrogen and oxygen atoms in total. The molecule has 5 rings (SSSR count). The minimum Gasteiger partial charge on any atom is -0.496 e. The monoisotopic (exact) mass is 422 g/mol. The Labute approximate surface area is 185 Å². The predicted molar refractivity (Wildman–Crippen MR) is 125 cm³/mol. The van der Waals surface area contributed by atoms with Crippen LogP contribution in [0.25, 0.3) is 11.1 Å². The molecule has 31 heavy (non-hydrogen) atoms. The van der Waals surface area contributed by atoms with Crippen molar-refractivity contribution in [3.63, 3.8) is 0 Å². The summed E-state index contributed by atoms with van der Waals surface area (Å²) in [6, 6.07) is 19.5. The zero-order chi connectivity index (χ0) is 21.4. The smallest absolute Gasteiger partial charge is 0.235 e. The summed E-state index contributed by atoms with van der Waals surface area (Å²) in [6.45, 7) is 0.683. The van der Waals surface area contributed by atoms with Gasteiger partial charge >= 0.3 is 0 Å². The summed E-state index contributed by atoms with van der Waals surface area (Å²) in [7, 11) is 1.64. The van der Waals surface area contributed by atoms with Crippen LogP contribution in [0, 0.1) is 0 Å². The molecule has 1 heterocycles. The van der Waals surface area contributed by atoms with Crippen molar-refractivity contribution in [1.29, 1.82) is 0 Å². The van der Waals surface area contributed by atoms with Gasteiger partial charge in [-0.05, 0) is 65.9 Å². The number of benzene rings is 3. The van der Waals surface area contributed by atoms with Crippen LogP contribution in [0.1, 0.15) is 28.2 Å². The fourth-order valence-electron chi connectivity index (χ4n) is 4.09. The van der Waals surface area contributed by atoms with E-state index in [-0.39, 0.29) is 17.0 Å². The van der Waals surface area contributed by atoms with Crippen molar-refractivity contribution in [3.8, 4) is 28.4 Å². The first-order chi connectivity index (χ1) is 15.1. The van der Waals surface area contributed by atoms with Crippen molar-refractivity contribution >= 4 is 11.6 Å². The van der Waals surface area contributed by atoms with Gasteiger partial charge in [-0.2, -0.15) is 0 Å². The van der Waals surface area contributed by atoms with E-state index in [9.17, 15) is 4.79 Å². The summed E-state index contributed by atoms with van der Waals surface area (Å²) in [5.41, 5.74) is 9.89. The molecular formula is C25H30N2O4. The maximum atomic E-state index is 13.3. The van der Waals surface area contributed by atoms with Crippen LogP contribution in [0.2, 0.25) is 0 Å². The molecule has 0 atom stereocenters. The normalized spacial score (nSPS) is 15.4. The van der Waals surface area contributed by atoms with Gasteiger partial charge in [0.25, 0.3) is 0 Å². The van der Waals surface area contributed by atoms with E-state index < -0.39 is 5.41 Å². The molecule has 1 amide bonds. The molecule has 1 saturated carbocycles. The Morgan fingerprint density at radius 1 is 1.10 bits per heavy atom. The van der Waals surface area contributed by atoms with Gasteiger partial charge in [0.05, 0.1) is 12.5 Å². The fourth-order valence-corrected chi connectivity index (χ4v) is 4.09. The predicted octanol–water partition coefficient (Wildman–Crippen LogP) is 4.96. The van der Waals surface area contributed by atoms with Gasteiger partial charge in [0.1, 0.15) is 5.75 Å². The molecule has 0 spiro atoms. The first-order valence-electron chi connectivity index (χ1n) is 10.3. The third-order valence-electron chi connectivity index (χ3n) is 6.04. The van der Waals surface area contributed by atoms with E-state index in [4.69, 9.17) is 19.9 Å². The molecule has 0 bridgehead atoms. The summed E-state index contributed by atoms with van der Waals surface area (Å²) < 4.78 is 16.4. The third-order valence-corrected chi connectivity index (χ3v) is 6.04. The number of carbonyl (C=O) groups is 1. The first-order valence-corrected chi connectivity index (χ1v) is 10.3. The molecule has 0 unspecified atom stereocenters. The maximum Gasteiger partial charge on any atom is 0.235 e. The number of nitrogens with one attached hydrogen (secondary N) is 1. The van der Waals surface area contributed by atoms with Crippen LogP contribution in [0.3, 0.4) is 0 Å². The Kier molecular flexibility index (Phi) is 4.79. The average Bonchev–Trinajstić information content (AvgIpc) is 3.50. The quantitative estimate of drug-likeness (QED) is 0.587. The molecule has 1 aliphatic carbocycles. The van der Waals surface area contributed by atoms with E-state index in [1.54, 1.807) is 7.11 Å². The maximum absolute atomic E-state index is 13.3. The van der Waals surface area contributed by atoms with Crippen LogP contribution in [0.5, 0.6) is 17.2 Å². The molecule has 2 aliphatic rings. The van der Waals surface area contributed by atoms with E-state index in [0.717, 1.165) is 52.3 Å². The van der Waals surface area contributed by atoms with Gasteiger partial charge in [0.2, 0.25) is 12.7 Å². The van der Waals surface area contributed by atoms with Crippen molar-refractivity contribution in [2.24, 2.45) is 5.73 Å². The second kappa shape index (κ2) is 7.63. The Balaban J connectivity index is 0.00000136. The Bertz CT molecular complexity index is 1170. The van der Waals surface area contributed by atoms with Crippen molar-refractivity contribution in [3.05, 3.63) is 71.8 Å². The van der Waals surface area contributed by atoms with E-state index in [1.165, 1.54) is 0 Å². The van der Waals surface area contributed by atoms with E-state index >= 15 is 0 Å². The number of amides is 1. The average molecular weight is 423 g/mol. The molecule has 1 aliphatic heterocycles. The van der Waals surface area contributed by atoms with Gasteiger partial charge in [0, 0.05) is 22.1 Å². The molecule has 6 heteroatoms. The summed E-state index contributed by atoms with van der Waals surface area (Å²) in [5.74, 6) is 2.14. The van der Waals surface area contributed by atoms with E-state index in [2.05, 4.69) is 5.32 Å². The first kappa shape index (κ1) is 19.5. The number of fused-ring (bicyclic) bond motifs is 1. The molecule has 3 aromatic carbocycles. The molecule has 0 aromatic heterocycles. The molecule has 164 valence electrons. The third kappa shape index (κ3) is 3.49. The summed E-state index contributed by atoms with van der Waals surface area (Å²) in [4.78, 5) is 13.3. The highest BCUT2D eigenvalue weighted by molar-refractivity contribution is 6.02. The lowest BCUT2D eigenvalue weighted by atomic mass is 9.94. The molecule has 1 fully saturated rings. The molecule has 0 saturated heterocycles. The summed E-state index contributed by atoms with van der Waals surface area (Å²) in [6.07, 6.45) is 1.61. The van der Waals surface area contributed by atoms with Crippen LogP contribution in [-0.2, 0) is 16.8 Å². The molecule has 3 N–H and O–H groups in total.